The molecule has 0 unspecified atom stereocenters. The summed E-state index contributed by atoms with van der Waals surface area (Å²) >= 11 is 1.33. The Morgan fingerprint density at radius 3 is 2.74 bits per heavy atom. The standard InChI is InChI=1S/C11H14N5OS.BrH/c17-11(4-7-15-5-2-1-3-6-15)18-9-8-16-10-12-13-14-16;/h1-3,5-6,10H,4,7-9H2;1H/q+1;/p-1. The number of halogens is 1. The molecule has 0 aliphatic heterocycles. The number of hydrogen-bond acceptors (Lipinski definition) is 5. The molecule has 0 aliphatic rings. The number of rotatable bonds is 6. The summed E-state index contributed by atoms with van der Waals surface area (Å²) in [7, 11) is 0. The highest BCUT2D eigenvalue weighted by Crippen LogP contribution is 2.05. The largest absolute Gasteiger partial charge is 1.00 e. The molecule has 2 aromatic heterocycles. The Bertz CT molecular complexity index is 479. The molecular weight excluding hydrogens is 330 g/mol. The Hall–Kier alpha value is -1.28. The molecule has 19 heavy (non-hydrogen) atoms. The number of hydrogen-bond donors (Lipinski definition) is 0. The zero-order valence-electron chi connectivity index (χ0n) is 10.2. The molecule has 0 aromatic carbocycles. The zero-order chi connectivity index (χ0) is 12.6. The Labute approximate surface area is 126 Å². The first kappa shape index (κ1) is 15.8. The van der Waals surface area contributed by atoms with Crippen LogP contribution in [0, 0.1) is 0 Å². The molecule has 0 N–H and O–H groups in total. The quantitative estimate of drug-likeness (QED) is 0.535. The fourth-order valence-electron chi connectivity index (χ4n) is 1.41. The number of tetrazole rings is 1. The van der Waals surface area contributed by atoms with Gasteiger partial charge in [-0.25, -0.2) is 9.25 Å². The third-order valence-corrected chi connectivity index (χ3v) is 3.24. The van der Waals surface area contributed by atoms with Crippen LogP contribution in [0.4, 0.5) is 0 Å². The second-order valence-electron chi connectivity index (χ2n) is 3.66. The van der Waals surface area contributed by atoms with E-state index in [0.29, 0.717) is 18.7 Å². The molecule has 2 heterocycles. The summed E-state index contributed by atoms with van der Waals surface area (Å²) in [6.07, 6.45) is 6.00. The number of carbonyl (C=O) groups excluding carboxylic acids is 1. The van der Waals surface area contributed by atoms with Gasteiger partial charge in [-0.15, -0.1) is 5.10 Å². The van der Waals surface area contributed by atoms with Gasteiger partial charge in [0.1, 0.15) is 6.33 Å². The van der Waals surface area contributed by atoms with Crippen LogP contribution in [0.2, 0.25) is 0 Å². The Balaban J connectivity index is 0.00000180. The normalized spacial score (nSPS) is 9.89. The maximum absolute atomic E-state index is 11.6. The molecule has 0 atom stereocenters. The van der Waals surface area contributed by atoms with Crippen LogP contribution in [0.3, 0.4) is 0 Å². The van der Waals surface area contributed by atoms with Crippen molar-refractivity contribution in [3.05, 3.63) is 36.9 Å². The first-order chi connectivity index (χ1) is 8.84. The SMILES string of the molecule is O=C(CC[n+]1ccccc1)SCCn1cnnn1.[Br-]. The van der Waals surface area contributed by atoms with Gasteiger partial charge in [0, 0.05) is 17.9 Å². The smallest absolute Gasteiger partial charge is 0.195 e. The Kier molecular flexibility index (Phi) is 7.27. The van der Waals surface area contributed by atoms with Gasteiger partial charge in [0.2, 0.25) is 0 Å². The molecule has 0 saturated heterocycles. The van der Waals surface area contributed by atoms with Gasteiger partial charge in [0.25, 0.3) is 0 Å². The van der Waals surface area contributed by atoms with Gasteiger partial charge in [0.05, 0.1) is 13.0 Å². The maximum Gasteiger partial charge on any atom is 0.195 e. The summed E-state index contributed by atoms with van der Waals surface area (Å²) in [4.78, 5) is 11.6. The van der Waals surface area contributed by atoms with Crippen LogP contribution >= 0.6 is 11.8 Å². The molecular formula is C11H14BrN5OS. The molecule has 2 aromatic rings. The lowest BCUT2D eigenvalue weighted by atomic mass is 10.4. The van der Waals surface area contributed by atoms with E-state index in [1.165, 1.54) is 11.8 Å². The van der Waals surface area contributed by atoms with Gasteiger partial charge in [-0.3, -0.25) is 4.79 Å². The number of nitrogens with zero attached hydrogens (tertiary/aromatic N) is 5. The van der Waals surface area contributed by atoms with Gasteiger partial charge >= 0.3 is 0 Å². The lowest BCUT2D eigenvalue weighted by Gasteiger charge is -1.99. The molecule has 0 radical (unpaired) electrons. The fourth-order valence-corrected chi connectivity index (χ4v) is 2.15. The van der Waals surface area contributed by atoms with Crippen molar-refractivity contribution in [2.45, 2.75) is 19.5 Å². The van der Waals surface area contributed by atoms with Crippen LogP contribution in [0.15, 0.2) is 36.9 Å². The number of carbonyl (C=O) groups is 1. The summed E-state index contributed by atoms with van der Waals surface area (Å²) in [5.41, 5.74) is 0. The van der Waals surface area contributed by atoms with E-state index in [-0.39, 0.29) is 22.1 Å². The first-order valence-corrected chi connectivity index (χ1v) is 6.63. The van der Waals surface area contributed by atoms with E-state index in [0.717, 1.165) is 6.54 Å². The van der Waals surface area contributed by atoms with Crippen molar-refractivity contribution in [2.24, 2.45) is 0 Å². The van der Waals surface area contributed by atoms with E-state index in [9.17, 15) is 4.79 Å². The van der Waals surface area contributed by atoms with Crippen molar-refractivity contribution in [2.75, 3.05) is 5.75 Å². The maximum atomic E-state index is 11.6. The number of aryl methyl sites for hydroxylation is 2. The molecule has 0 aliphatic carbocycles. The average molecular weight is 344 g/mol. The van der Waals surface area contributed by atoms with Gasteiger partial charge in [-0.1, -0.05) is 17.8 Å². The van der Waals surface area contributed by atoms with E-state index >= 15 is 0 Å². The molecule has 2 rings (SSSR count). The second-order valence-corrected chi connectivity index (χ2v) is 4.81. The van der Waals surface area contributed by atoms with E-state index < -0.39 is 0 Å². The highest BCUT2D eigenvalue weighted by atomic mass is 79.9. The van der Waals surface area contributed by atoms with E-state index in [2.05, 4.69) is 15.5 Å². The second kappa shape index (κ2) is 8.76. The van der Waals surface area contributed by atoms with Crippen LogP contribution in [0.5, 0.6) is 0 Å². The van der Waals surface area contributed by atoms with Crippen LogP contribution in [-0.2, 0) is 17.9 Å². The summed E-state index contributed by atoms with van der Waals surface area (Å²) in [5.74, 6) is 0.698. The van der Waals surface area contributed by atoms with Crippen molar-refractivity contribution < 1.29 is 26.3 Å². The fraction of sp³-hybridized carbons (Fsp3) is 0.364. The van der Waals surface area contributed by atoms with Crippen molar-refractivity contribution in [3.8, 4) is 0 Å². The van der Waals surface area contributed by atoms with Crippen LogP contribution in [-0.4, -0.2) is 31.1 Å². The summed E-state index contributed by atoms with van der Waals surface area (Å²) < 4.78 is 3.62. The molecule has 0 bridgehead atoms. The molecule has 0 fully saturated rings. The predicted octanol–water partition coefficient (Wildman–Crippen LogP) is -2.69. The topological polar surface area (TPSA) is 64.5 Å². The third-order valence-electron chi connectivity index (χ3n) is 2.33. The van der Waals surface area contributed by atoms with Crippen LogP contribution in [0.25, 0.3) is 0 Å². The van der Waals surface area contributed by atoms with Gasteiger partial charge in [0.15, 0.2) is 24.1 Å². The molecule has 0 saturated carbocycles. The minimum Gasteiger partial charge on any atom is -1.00 e. The minimum absolute atomic E-state index is 0. The van der Waals surface area contributed by atoms with Crippen LogP contribution in [0.1, 0.15) is 6.42 Å². The highest BCUT2D eigenvalue weighted by Gasteiger charge is 2.07. The van der Waals surface area contributed by atoms with E-state index in [1.54, 1.807) is 11.0 Å². The van der Waals surface area contributed by atoms with Crippen molar-refractivity contribution in [3.63, 3.8) is 0 Å². The van der Waals surface area contributed by atoms with Gasteiger partial charge in [-0.05, 0) is 10.4 Å². The van der Waals surface area contributed by atoms with Crippen LogP contribution < -0.4 is 21.5 Å². The van der Waals surface area contributed by atoms with Crippen molar-refractivity contribution in [1.29, 1.82) is 0 Å². The molecule has 6 nitrogen and oxygen atoms in total. The molecule has 102 valence electrons. The lowest BCUT2D eigenvalue weighted by molar-refractivity contribution is -0.695. The minimum atomic E-state index is 0. The molecule has 0 amide bonds. The number of thioether (sulfide) groups is 1. The average Bonchev–Trinajstić information content (AvgIpc) is 2.91. The summed E-state index contributed by atoms with van der Waals surface area (Å²) in [6, 6.07) is 5.86. The van der Waals surface area contributed by atoms with Crippen molar-refractivity contribution >= 4 is 16.9 Å². The molecule has 8 heteroatoms. The number of pyridine rings is 1. The van der Waals surface area contributed by atoms with E-state index in [1.807, 2.05) is 35.2 Å². The zero-order valence-corrected chi connectivity index (χ0v) is 12.6. The predicted molar refractivity (Wildman–Crippen MR) is 66.5 cm³/mol. The highest BCUT2D eigenvalue weighted by molar-refractivity contribution is 8.13. The first-order valence-electron chi connectivity index (χ1n) is 5.65. The Morgan fingerprint density at radius 2 is 2.05 bits per heavy atom. The molecule has 0 spiro atoms. The number of aromatic nitrogens is 5. The summed E-state index contributed by atoms with van der Waals surface area (Å²) in [6.45, 7) is 1.37. The third kappa shape index (κ3) is 5.93. The Morgan fingerprint density at radius 1 is 1.26 bits per heavy atom. The summed E-state index contributed by atoms with van der Waals surface area (Å²) in [5, 5.41) is 11.0. The van der Waals surface area contributed by atoms with Crippen molar-refractivity contribution in [1.82, 2.24) is 20.2 Å². The lowest BCUT2D eigenvalue weighted by Crippen LogP contribution is -3.00. The monoisotopic (exact) mass is 343 g/mol. The van der Waals surface area contributed by atoms with Gasteiger partial charge in [-0.2, -0.15) is 0 Å². The van der Waals surface area contributed by atoms with E-state index in [4.69, 9.17) is 0 Å². The van der Waals surface area contributed by atoms with Gasteiger partial charge < -0.3 is 17.0 Å².